The fourth-order valence-electron chi connectivity index (χ4n) is 12.3. The van der Waals surface area contributed by atoms with Gasteiger partial charge < -0.3 is 13.7 Å². The molecule has 0 aliphatic heterocycles. The zero-order valence-electron chi connectivity index (χ0n) is 54.4. The van der Waals surface area contributed by atoms with E-state index in [0.717, 1.165) is 82.8 Å². The van der Waals surface area contributed by atoms with E-state index >= 15 is 0 Å². The number of thiophene rings is 1. The Morgan fingerprint density at radius 1 is 0.360 bits per heavy atom. The topological polar surface area (TPSA) is 265 Å². The van der Waals surface area contributed by atoms with Crippen LogP contribution in [0.25, 0.3) is 87.3 Å². The lowest BCUT2D eigenvalue weighted by molar-refractivity contribution is 0.0702. The van der Waals surface area contributed by atoms with Gasteiger partial charge in [0, 0.05) is 121 Å². The van der Waals surface area contributed by atoms with Crippen LogP contribution in [0.2, 0.25) is 0 Å². The minimum Gasteiger partial charge on any atom is -0.350 e. The van der Waals surface area contributed by atoms with Gasteiger partial charge in [-0.1, -0.05) is 121 Å². The maximum atomic E-state index is 13.1. The van der Waals surface area contributed by atoms with Gasteiger partial charge in [0.2, 0.25) is 0 Å². The summed E-state index contributed by atoms with van der Waals surface area (Å²) in [4.78, 5) is 34.8. The lowest BCUT2D eigenvalue weighted by Crippen LogP contribution is -2.18. The second-order valence-electron chi connectivity index (χ2n) is 24.1. The van der Waals surface area contributed by atoms with Crippen LogP contribution in [0.3, 0.4) is 0 Å². The first-order valence-corrected chi connectivity index (χ1v) is 37.1. The van der Waals surface area contributed by atoms with Crippen molar-refractivity contribution in [3.05, 3.63) is 293 Å². The van der Waals surface area contributed by atoms with Crippen LogP contribution in [0, 0.1) is 6.92 Å². The molecule has 22 heteroatoms. The van der Waals surface area contributed by atoms with E-state index in [1.807, 2.05) is 134 Å². The minimum absolute atomic E-state index is 0.113. The third-order valence-electron chi connectivity index (χ3n) is 17.4. The van der Waals surface area contributed by atoms with Crippen molar-refractivity contribution in [1.29, 1.82) is 0 Å². The molecule has 0 spiro atoms. The lowest BCUT2D eigenvalue weighted by atomic mass is 9.99. The molecule has 0 fully saturated rings. The maximum Gasteiger partial charge on any atom is 0.274 e. The van der Waals surface area contributed by atoms with Crippen LogP contribution < -0.4 is 16.4 Å². The van der Waals surface area contributed by atoms with Crippen LogP contribution in [0.4, 0.5) is 0 Å². The predicted octanol–water partition coefficient (Wildman–Crippen LogP) is 15.0. The van der Waals surface area contributed by atoms with Gasteiger partial charge in [-0.15, -0.1) is 11.3 Å². The minimum atomic E-state index is -3.64. The number of benzene rings is 10. The molecular formula is C78H66N6O12S4. The highest BCUT2D eigenvalue weighted by molar-refractivity contribution is 7.91. The summed E-state index contributed by atoms with van der Waals surface area (Å²) in [7, 11) is -4.94. The first-order chi connectivity index (χ1) is 48.0. The molecular weight excluding hydrogens is 1340 g/mol. The molecule has 0 bridgehead atoms. The zero-order valence-corrected chi connectivity index (χ0v) is 57.6. The molecule has 18 nitrogen and oxygen atoms in total. The number of sulfone groups is 3. The number of hydrogen-bond donors (Lipinski definition) is 6. The quantitative estimate of drug-likeness (QED) is 0.0390. The summed E-state index contributed by atoms with van der Waals surface area (Å²) in [5.41, 5.74) is 20.1. The van der Waals surface area contributed by atoms with Gasteiger partial charge in [0.05, 0.1) is 31.9 Å². The molecule has 6 N–H and O–H groups in total. The van der Waals surface area contributed by atoms with E-state index in [4.69, 9.17) is 15.6 Å². The Bertz CT molecular complexity index is 5790. The molecule has 14 rings (SSSR count). The predicted molar refractivity (Wildman–Crippen MR) is 390 cm³/mol. The van der Waals surface area contributed by atoms with E-state index in [2.05, 4.69) is 89.2 Å². The van der Waals surface area contributed by atoms with Gasteiger partial charge >= 0.3 is 0 Å². The molecule has 14 aromatic rings. The number of nitrogens with zero attached hydrogens (tertiary/aromatic N) is 3. The SMILES string of the molecule is Cc1cccc(-c2cn(C)c3ccc(CS(=O)(=O)c4ccc(C(=O)NO)cc4)cc23)c1.Cn1cc(-c2ccc(-c3ccccc3)cc2)c2cc(CS(=O)(=O)c3ccc(C(=O)NO)cc3)ccc21.Cn1cc(-c2csc3ccccc23)c2cc(CS(=O)(=O)c3ccc(C(=O)NO)cc3)ccc21. The summed E-state index contributed by atoms with van der Waals surface area (Å²) >= 11 is 1.69. The number of amides is 3. The Kier molecular flexibility index (Phi) is 19.8. The van der Waals surface area contributed by atoms with E-state index in [-0.39, 0.29) is 48.6 Å². The number of hydroxylamine groups is 3. The van der Waals surface area contributed by atoms with Crippen molar-refractivity contribution >= 4 is 101 Å². The first kappa shape index (κ1) is 68.8. The molecule has 504 valence electrons. The summed E-state index contributed by atoms with van der Waals surface area (Å²) in [5.74, 6) is -2.57. The summed E-state index contributed by atoms with van der Waals surface area (Å²) in [6.07, 6.45) is 6.20. The number of hydrogen-bond acceptors (Lipinski definition) is 13. The third-order valence-corrected chi connectivity index (χ3v) is 23.4. The van der Waals surface area contributed by atoms with E-state index in [0.29, 0.717) is 16.7 Å². The molecule has 0 aliphatic carbocycles. The summed E-state index contributed by atoms with van der Waals surface area (Å²) in [6, 6.07) is 68.6. The summed E-state index contributed by atoms with van der Waals surface area (Å²) < 4.78 is 85.4. The Morgan fingerprint density at radius 3 is 1.14 bits per heavy atom. The molecule has 3 amide bonds. The average Bonchev–Trinajstić information content (AvgIpc) is 1.62. The van der Waals surface area contributed by atoms with Crippen molar-refractivity contribution in [2.75, 3.05) is 0 Å². The Labute approximate surface area is 580 Å². The first-order valence-electron chi connectivity index (χ1n) is 31.3. The zero-order chi connectivity index (χ0) is 70.6. The molecule has 0 aliphatic rings. The second kappa shape index (κ2) is 28.8. The second-order valence-corrected chi connectivity index (χ2v) is 31.0. The van der Waals surface area contributed by atoms with Crippen molar-refractivity contribution in [2.45, 2.75) is 38.9 Å². The fourth-order valence-corrected chi connectivity index (χ4v) is 17.2. The van der Waals surface area contributed by atoms with Crippen molar-refractivity contribution in [1.82, 2.24) is 30.1 Å². The molecule has 0 atom stereocenters. The number of carbonyl (C=O) groups excluding carboxylic acids is 3. The van der Waals surface area contributed by atoms with Crippen LogP contribution in [0.5, 0.6) is 0 Å². The van der Waals surface area contributed by atoms with Crippen LogP contribution >= 0.6 is 11.3 Å². The molecule has 4 aromatic heterocycles. The smallest absolute Gasteiger partial charge is 0.274 e. The number of nitrogens with one attached hydrogen (secondary N) is 3. The monoisotopic (exact) mass is 1410 g/mol. The Hall–Kier alpha value is -11.1. The number of rotatable bonds is 16. The molecule has 0 saturated carbocycles. The van der Waals surface area contributed by atoms with Crippen molar-refractivity contribution in [2.24, 2.45) is 21.1 Å². The molecule has 100 heavy (non-hydrogen) atoms. The molecule has 0 saturated heterocycles. The fraction of sp³-hybridized carbons (Fsp3) is 0.0897. The van der Waals surface area contributed by atoms with Crippen LogP contribution in [0.1, 0.15) is 53.3 Å². The molecule has 0 radical (unpaired) electrons. The summed E-state index contributed by atoms with van der Waals surface area (Å²) in [6.45, 7) is 2.04. The Morgan fingerprint density at radius 2 is 0.720 bits per heavy atom. The molecule has 0 unspecified atom stereocenters. The van der Waals surface area contributed by atoms with Crippen molar-refractivity contribution in [3.63, 3.8) is 0 Å². The number of fused-ring (bicyclic) bond motifs is 4. The average molecular weight is 1410 g/mol. The molecule has 10 aromatic carbocycles. The van der Waals surface area contributed by atoms with Crippen LogP contribution in [0.15, 0.2) is 269 Å². The van der Waals surface area contributed by atoms with Gasteiger partial charge in [0.25, 0.3) is 17.7 Å². The van der Waals surface area contributed by atoms with Gasteiger partial charge in [-0.25, -0.2) is 41.7 Å². The highest BCUT2D eigenvalue weighted by atomic mass is 32.2. The van der Waals surface area contributed by atoms with Crippen LogP contribution in [-0.4, -0.2) is 72.3 Å². The van der Waals surface area contributed by atoms with E-state index in [9.17, 15) is 39.6 Å². The van der Waals surface area contributed by atoms with Crippen molar-refractivity contribution < 1.29 is 55.3 Å². The van der Waals surface area contributed by atoms with Gasteiger partial charge in [0.15, 0.2) is 29.5 Å². The van der Waals surface area contributed by atoms with Crippen LogP contribution in [-0.2, 0) is 67.9 Å². The maximum absolute atomic E-state index is 13.1. The highest BCUT2D eigenvalue weighted by Crippen LogP contribution is 2.40. The van der Waals surface area contributed by atoms with E-state index in [1.54, 1.807) is 11.3 Å². The van der Waals surface area contributed by atoms with Gasteiger partial charge in [-0.3, -0.25) is 30.0 Å². The normalized spacial score (nSPS) is 11.6. The molecule has 4 heterocycles. The standard InChI is InChI=1S/C29H24N2O4S.C25H20N2O4S2.C24H22N2O4S/c1-31-18-27(23-10-8-22(9-11-23)21-5-3-2-4-6-21)26-17-20(7-16-28(26)31)19-36(34,35)25-14-12-24(13-15-25)29(32)30-33;1-27-13-21(22-14-32-24-5-3-2-4-19(22)24)20-12-16(6-11-23(20)27)15-33(30,31)18-9-7-17(8-10-18)25(28)26-29;1-16-4-3-5-19(12-16)22-14-26(2)23-11-6-17(13-21(22)23)15-31(29,30)20-9-7-18(8-10-20)24(27)25-28/h2-18,33H,19H2,1H3,(H,30,32);2-14,29H,15H2,1H3,(H,26,28);3-14,28H,15H2,1-2H3,(H,25,27). The van der Waals surface area contributed by atoms with Gasteiger partial charge in [-0.2, -0.15) is 0 Å². The van der Waals surface area contributed by atoms with E-state index in [1.165, 1.54) is 99.3 Å². The van der Waals surface area contributed by atoms with E-state index < -0.39 is 47.2 Å². The third kappa shape index (κ3) is 14.7. The Balaban J connectivity index is 0.000000143. The van der Waals surface area contributed by atoms with Gasteiger partial charge in [-0.05, 0) is 167 Å². The lowest BCUT2D eigenvalue weighted by Gasteiger charge is -2.08. The number of aryl methyl sites for hydroxylation is 4. The number of carbonyl (C=O) groups is 3. The highest BCUT2D eigenvalue weighted by Gasteiger charge is 2.23. The summed E-state index contributed by atoms with van der Waals surface area (Å²) in [5, 5.41) is 32.5. The van der Waals surface area contributed by atoms with Gasteiger partial charge in [0.1, 0.15) is 0 Å². The van der Waals surface area contributed by atoms with Crippen molar-refractivity contribution in [3.8, 4) is 44.5 Å². The largest absolute Gasteiger partial charge is 0.350 e. The number of aromatic nitrogens is 3.